The second-order valence-electron chi connectivity index (χ2n) is 4.20. The number of hydrogen-bond donors (Lipinski definition) is 0. The van der Waals surface area contributed by atoms with Crippen LogP contribution in [0.4, 0.5) is 0 Å². The predicted molar refractivity (Wildman–Crippen MR) is 69.6 cm³/mol. The highest BCUT2D eigenvalue weighted by Gasteiger charge is 2.23. The molecule has 0 saturated carbocycles. The van der Waals surface area contributed by atoms with E-state index in [2.05, 4.69) is 38.7 Å². The lowest BCUT2D eigenvalue weighted by Gasteiger charge is -2.19. The number of allylic oxidation sites excluding steroid dienone is 1. The molecule has 2 atom stereocenters. The molecule has 1 fully saturated rings. The summed E-state index contributed by atoms with van der Waals surface area (Å²) in [5, 5.41) is 0.630. The SMILES string of the molecule is C=C(C(C)C)C1CSC(C)N(C)SC1. The Kier molecular flexibility index (Phi) is 4.88. The van der Waals surface area contributed by atoms with Gasteiger partial charge in [0.05, 0.1) is 5.37 Å². The van der Waals surface area contributed by atoms with Crippen LogP contribution in [0.15, 0.2) is 12.2 Å². The lowest BCUT2D eigenvalue weighted by Crippen LogP contribution is -2.17. The maximum atomic E-state index is 4.22. The van der Waals surface area contributed by atoms with Gasteiger partial charge in [0.15, 0.2) is 0 Å². The molecule has 0 spiro atoms. The summed E-state index contributed by atoms with van der Waals surface area (Å²) in [6.07, 6.45) is 0. The zero-order valence-corrected chi connectivity index (χ0v) is 11.3. The minimum absolute atomic E-state index is 0.625. The van der Waals surface area contributed by atoms with Gasteiger partial charge in [-0.3, -0.25) is 0 Å². The Bertz CT molecular complexity index is 191. The van der Waals surface area contributed by atoms with Crippen LogP contribution in [0.5, 0.6) is 0 Å². The third-order valence-corrected chi connectivity index (χ3v) is 5.60. The zero-order chi connectivity index (χ0) is 10.7. The number of nitrogens with zero attached hydrogens (tertiary/aromatic N) is 1. The van der Waals surface area contributed by atoms with E-state index in [9.17, 15) is 0 Å². The molecule has 0 aliphatic carbocycles. The summed E-state index contributed by atoms with van der Waals surface area (Å²) in [5.41, 5.74) is 1.42. The van der Waals surface area contributed by atoms with E-state index in [4.69, 9.17) is 0 Å². The van der Waals surface area contributed by atoms with E-state index in [1.807, 2.05) is 23.7 Å². The van der Waals surface area contributed by atoms with Gasteiger partial charge in [-0.15, -0.1) is 11.8 Å². The van der Waals surface area contributed by atoms with Gasteiger partial charge in [0.2, 0.25) is 0 Å². The molecule has 1 saturated heterocycles. The van der Waals surface area contributed by atoms with Gasteiger partial charge in [-0.1, -0.05) is 37.9 Å². The second kappa shape index (κ2) is 5.47. The van der Waals surface area contributed by atoms with Crippen LogP contribution in [0, 0.1) is 11.8 Å². The molecule has 0 bridgehead atoms. The molecule has 0 radical (unpaired) electrons. The van der Waals surface area contributed by atoms with Gasteiger partial charge in [0, 0.05) is 11.5 Å². The first-order chi connectivity index (χ1) is 6.52. The van der Waals surface area contributed by atoms with Gasteiger partial charge in [0.25, 0.3) is 0 Å². The van der Waals surface area contributed by atoms with Crippen LogP contribution in [0.3, 0.4) is 0 Å². The van der Waals surface area contributed by atoms with Crippen molar-refractivity contribution in [2.24, 2.45) is 11.8 Å². The number of rotatable bonds is 2. The molecule has 82 valence electrons. The average Bonchev–Trinajstić information content (AvgIpc) is 2.30. The summed E-state index contributed by atoms with van der Waals surface area (Å²) in [6.45, 7) is 11.0. The van der Waals surface area contributed by atoms with Crippen molar-refractivity contribution >= 4 is 23.7 Å². The maximum Gasteiger partial charge on any atom is 0.0624 e. The molecule has 0 N–H and O–H groups in total. The van der Waals surface area contributed by atoms with Crippen molar-refractivity contribution in [2.45, 2.75) is 26.1 Å². The molecule has 2 unspecified atom stereocenters. The van der Waals surface area contributed by atoms with Gasteiger partial charge >= 0.3 is 0 Å². The Labute approximate surface area is 96.8 Å². The van der Waals surface area contributed by atoms with Gasteiger partial charge in [-0.05, 0) is 25.8 Å². The summed E-state index contributed by atoms with van der Waals surface area (Å²) < 4.78 is 2.36. The fourth-order valence-corrected chi connectivity index (χ4v) is 3.93. The molecule has 3 heteroatoms. The van der Waals surface area contributed by atoms with Crippen molar-refractivity contribution in [1.82, 2.24) is 4.31 Å². The smallest absolute Gasteiger partial charge is 0.0624 e. The van der Waals surface area contributed by atoms with Crippen LogP contribution in [0.25, 0.3) is 0 Å². The molecule has 1 aliphatic heterocycles. The Hall–Kier alpha value is 0.400. The summed E-state index contributed by atoms with van der Waals surface area (Å²) in [5.74, 6) is 3.75. The predicted octanol–water partition coefficient (Wildman–Crippen LogP) is 3.49. The van der Waals surface area contributed by atoms with Crippen LogP contribution in [-0.2, 0) is 0 Å². The van der Waals surface area contributed by atoms with E-state index in [1.165, 1.54) is 17.1 Å². The molecular formula is C11H21NS2. The minimum atomic E-state index is 0.625. The standard InChI is InChI=1S/C11H21NS2/c1-8(2)9(3)11-6-13-10(4)12(5)14-7-11/h8,10-11H,3,6-7H2,1-2,4-5H3. The summed E-state index contributed by atoms with van der Waals surface area (Å²) in [7, 11) is 2.18. The molecule has 0 amide bonds. The molecule has 1 heterocycles. The zero-order valence-electron chi connectivity index (χ0n) is 9.62. The van der Waals surface area contributed by atoms with Crippen LogP contribution < -0.4 is 0 Å². The maximum absolute atomic E-state index is 4.22. The first-order valence-electron chi connectivity index (χ1n) is 5.18. The van der Waals surface area contributed by atoms with Crippen molar-refractivity contribution in [1.29, 1.82) is 0 Å². The van der Waals surface area contributed by atoms with Gasteiger partial charge in [0.1, 0.15) is 0 Å². The van der Waals surface area contributed by atoms with Crippen molar-refractivity contribution in [3.8, 4) is 0 Å². The minimum Gasteiger partial charge on any atom is -0.241 e. The number of hydrogen-bond acceptors (Lipinski definition) is 3. The quantitative estimate of drug-likeness (QED) is 0.529. The highest BCUT2D eigenvalue weighted by molar-refractivity contribution is 8.02. The third kappa shape index (κ3) is 3.21. The Morgan fingerprint density at radius 2 is 2.07 bits per heavy atom. The molecule has 1 rings (SSSR count). The highest BCUT2D eigenvalue weighted by Crippen LogP contribution is 2.34. The second-order valence-corrected chi connectivity index (χ2v) is 6.72. The summed E-state index contributed by atoms with van der Waals surface area (Å²) >= 11 is 4.00. The normalized spacial score (nSPS) is 30.4. The Morgan fingerprint density at radius 1 is 1.43 bits per heavy atom. The van der Waals surface area contributed by atoms with Crippen molar-refractivity contribution in [3.05, 3.63) is 12.2 Å². The molecule has 1 nitrogen and oxygen atoms in total. The van der Waals surface area contributed by atoms with Gasteiger partial charge in [-0.2, -0.15) is 0 Å². The molecule has 0 aromatic carbocycles. The van der Waals surface area contributed by atoms with Crippen molar-refractivity contribution in [3.63, 3.8) is 0 Å². The van der Waals surface area contributed by atoms with E-state index in [0.717, 1.165) is 0 Å². The number of thioether (sulfide) groups is 1. The summed E-state index contributed by atoms with van der Waals surface area (Å²) in [6, 6.07) is 0. The van der Waals surface area contributed by atoms with E-state index in [1.54, 1.807) is 0 Å². The van der Waals surface area contributed by atoms with Crippen LogP contribution in [0.1, 0.15) is 20.8 Å². The first kappa shape index (κ1) is 12.5. The molecule has 0 aromatic heterocycles. The fourth-order valence-electron chi connectivity index (χ4n) is 1.41. The van der Waals surface area contributed by atoms with Crippen LogP contribution in [-0.4, -0.2) is 28.2 Å². The van der Waals surface area contributed by atoms with E-state index in [0.29, 0.717) is 17.2 Å². The lowest BCUT2D eigenvalue weighted by atomic mass is 9.94. The van der Waals surface area contributed by atoms with Crippen LogP contribution >= 0.6 is 23.7 Å². The van der Waals surface area contributed by atoms with Gasteiger partial charge < -0.3 is 0 Å². The van der Waals surface area contributed by atoms with Crippen molar-refractivity contribution in [2.75, 3.05) is 18.6 Å². The van der Waals surface area contributed by atoms with E-state index >= 15 is 0 Å². The average molecular weight is 231 g/mol. The Balaban J connectivity index is 2.53. The van der Waals surface area contributed by atoms with Crippen LogP contribution in [0.2, 0.25) is 0 Å². The lowest BCUT2D eigenvalue weighted by molar-refractivity contribution is 0.563. The molecule has 0 aromatic rings. The van der Waals surface area contributed by atoms with E-state index in [-0.39, 0.29) is 0 Å². The molecule has 14 heavy (non-hydrogen) atoms. The first-order valence-corrected chi connectivity index (χ1v) is 7.17. The van der Waals surface area contributed by atoms with E-state index < -0.39 is 0 Å². The topological polar surface area (TPSA) is 3.24 Å². The van der Waals surface area contributed by atoms with Gasteiger partial charge in [-0.25, -0.2) is 4.31 Å². The third-order valence-electron chi connectivity index (χ3n) is 2.80. The fraction of sp³-hybridized carbons (Fsp3) is 0.818. The largest absolute Gasteiger partial charge is 0.241 e. The molecular weight excluding hydrogens is 210 g/mol. The highest BCUT2D eigenvalue weighted by atomic mass is 32.2. The Morgan fingerprint density at radius 3 is 2.64 bits per heavy atom. The van der Waals surface area contributed by atoms with Crippen molar-refractivity contribution < 1.29 is 0 Å². The molecule has 1 aliphatic rings. The monoisotopic (exact) mass is 231 g/mol. The summed E-state index contributed by atoms with van der Waals surface area (Å²) in [4.78, 5) is 0.